The fraction of sp³-hybridized carbons (Fsp3) is 0.500. The van der Waals surface area contributed by atoms with Crippen molar-refractivity contribution in [3.05, 3.63) is 0 Å². The van der Waals surface area contributed by atoms with E-state index in [1.165, 1.54) is 0 Å². The van der Waals surface area contributed by atoms with Crippen LogP contribution in [0.25, 0.3) is 0 Å². The maximum absolute atomic E-state index is 9.85. The smallest absolute Gasteiger partial charge is 0.321 e. The molecular weight excluding hydrogens is 206 g/mol. The average Bonchev–Trinajstić information content (AvgIpc) is 1.83. The molecule has 0 bridgehead atoms. The monoisotopic (exact) mass is 215 g/mol. The summed E-state index contributed by atoms with van der Waals surface area (Å²) in [5.41, 5.74) is 4.84. The van der Waals surface area contributed by atoms with Gasteiger partial charge in [-0.2, -0.15) is 4.21 Å². The Morgan fingerprint density at radius 3 is 1.69 bits per heavy atom. The van der Waals surface area contributed by atoms with E-state index in [4.69, 9.17) is 29.3 Å². The summed E-state index contributed by atoms with van der Waals surface area (Å²) in [5, 5.41) is 16.0. The van der Waals surface area contributed by atoms with Crippen molar-refractivity contribution in [1.82, 2.24) is 0 Å². The van der Waals surface area contributed by atoms with Crippen LogP contribution in [0.1, 0.15) is 6.42 Å². The fourth-order valence-corrected chi connectivity index (χ4v) is 0.275. The van der Waals surface area contributed by atoms with Crippen molar-refractivity contribution >= 4 is 23.3 Å². The van der Waals surface area contributed by atoms with Gasteiger partial charge in [-0.05, 0) is 0 Å². The molecule has 0 rings (SSSR count). The van der Waals surface area contributed by atoms with Gasteiger partial charge in [0.15, 0.2) is 0 Å². The maximum Gasteiger partial charge on any atom is 0.321 e. The molecule has 0 aliphatic rings. The summed E-state index contributed by atoms with van der Waals surface area (Å²) in [6.45, 7) is 0. The zero-order valence-corrected chi connectivity index (χ0v) is 7.10. The van der Waals surface area contributed by atoms with Crippen LogP contribution in [0.15, 0.2) is 0 Å². The lowest BCUT2D eigenvalue weighted by Gasteiger charge is -1.99. The van der Waals surface area contributed by atoms with Gasteiger partial charge in [0, 0.05) is 0 Å². The molecule has 0 radical (unpaired) electrons. The Hall–Kier alpha value is -1.03. The molecule has 9 heteroatoms. The molecule has 8 nitrogen and oxygen atoms in total. The van der Waals surface area contributed by atoms with E-state index in [1.807, 2.05) is 0 Å². The van der Waals surface area contributed by atoms with Crippen molar-refractivity contribution in [2.45, 2.75) is 12.5 Å². The highest BCUT2D eigenvalue weighted by Gasteiger charge is 2.14. The van der Waals surface area contributed by atoms with Crippen molar-refractivity contribution < 1.29 is 33.1 Å². The minimum absolute atomic E-state index is 0.532. The van der Waals surface area contributed by atoms with E-state index >= 15 is 0 Å². The number of aliphatic carboxylic acids is 2. The lowest BCUT2D eigenvalue weighted by Crippen LogP contribution is -2.32. The number of carboxylic acid groups (broad SMARTS) is 2. The van der Waals surface area contributed by atoms with Crippen molar-refractivity contribution in [1.29, 1.82) is 0 Å². The highest BCUT2D eigenvalue weighted by Crippen LogP contribution is 1.86. The van der Waals surface area contributed by atoms with E-state index in [1.54, 1.807) is 0 Å². The predicted octanol–water partition coefficient (Wildman–Crippen LogP) is -1.45. The Balaban J connectivity index is 0. The van der Waals surface area contributed by atoms with Gasteiger partial charge in [-0.3, -0.25) is 18.7 Å². The van der Waals surface area contributed by atoms with Gasteiger partial charge in [-0.1, -0.05) is 0 Å². The van der Waals surface area contributed by atoms with Gasteiger partial charge in [0.25, 0.3) is 11.4 Å². The van der Waals surface area contributed by atoms with Crippen molar-refractivity contribution in [2.24, 2.45) is 5.73 Å². The normalized spacial score (nSPS) is 11.4. The number of nitrogens with two attached hydrogens (primary N) is 1. The lowest BCUT2D eigenvalue weighted by atomic mass is 10.2. The second-order valence-corrected chi connectivity index (χ2v) is 2.23. The van der Waals surface area contributed by atoms with Crippen LogP contribution in [0.4, 0.5) is 0 Å². The molecule has 0 saturated heterocycles. The average molecular weight is 215 g/mol. The molecular formula is C4H9NO7S. The minimum atomic E-state index is -2.61. The van der Waals surface area contributed by atoms with Crippen LogP contribution in [0, 0.1) is 0 Å². The largest absolute Gasteiger partial charge is 0.481 e. The van der Waals surface area contributed by atoms with Crippen molar-refractivity contribution in [2.75, 3.05) is 0 Å². The molecule has 0 amide bonds. The Kier molecular flexibility index (Phi) is 8.48. The van der Waals surface area contributed by atoms with E-state index in [9.17, 15) is 9.59 Å². The lowest BCUT2D eigenvalue weighted by molar-refractivity contribution is -0.144. The van der Waals surface area contributed by atoms with Gasteiger partial charge in [-0.25, -0.2) is 0 Å². The molecule has 0 aliphatic carbocycles. The zero-order chi connectivity index (χ0) is 11.0. The van der Waals surface area contributed by atoms with Crippen LogP contribution < -0.4 is 5.73 Å². The first kappa shape index (κ1) is 14.5. The van der Waals surface area contributed by atoms with E-state index in [-0.39, 0.29) is 0 Å². The van der Waals surface area contributed by atoms with Crippen molar-refractivity contribution in [3.8, 4) is 0 Å². The van der Waals surface area contributed by atoms with E-state index < -0.39 is 35.8 Å². The Morgan fingerprint density at radius 2 is 1.62 bits per heavy atom. The quantitative estimate of drug-likeness (QED) is 0.358. The summed E-state index contributed by atoms with van der Waals surface area (Å²) in [7, 11) is 0. The van der Waals surface area contributed by atoms with Crippen LogP contribution in [-0.2, 0) is 21.0 Å². The SMILES string of the molecule is N[C@@H](CC(=O)O)C(=O)O.O=S(O)O. The summed E-state index contributed by atoms with van der Waals surface area (Å²) >= 11 is -2.61. The van der Waals surface area contributed by atoms with Gasteiger partial charge < -0.3 is 15.9 Å². The second kappa shape index (κ2) is 7.61. The van der Waals surface area contributed by atoms with Gasteiger partial charge in [-0.15, -0.1) is 0 Å². The second-order valence-electron chi connectivity index (χ2n) is 1.77. The summed E-state index contributed by atoms with van der Waals surface area (Å²) in [6.07, 6.45) is -0.532. The van der Waals surface area contributed by atoms with E-state index in [0.717, 1.165) is 0 Å². The third-order valence-electron chi connectivity index (χ3n) is 0.712. The third-order valence-corrected chi connectivity index (χ3v) is 0.712. The first-order chi connectivity index (χ1) is 5.77. The van der Waals surface area contributed by atoms with Crippen LogP contribution >= 0.6 is 0 Å². The maximum atomic E-state index is 9.85. The summed E-state index contributed by atoms with van der Waals surface area (Å²) in [4.78, 5) is 19.6. The molecule has 0 spiro atoms. The Morgan fingerprint density at radius 1 is 1.31 bits per heavy atom. The van der Waals surface area contributed by atoms with Crippen LogP contribution in [-0.4, -0.2) is 41.5 Å². The Bertz CT molecular complexity index is 201. The van der Waals surface area contributed by atoms with E-state index in [0.29, 0.717) is 0 Å². The minimum Gasteiger partial charge on any atom is -0.481 e. The number of carboxylic acids is 2. The van der Waals surface area contributed by atoms with Crippen molar-refractivity contribution in [3.63, 3.8) is 0 Å². The highest BCUT2D eigenvalue weighted by atomic mass is 32.2. The summed E-state index contributed by atoms with van der Waals surface area (Å²) in [6, 6.07) is -1.29. The summed E-state index contributed by atoms with van der Waals surface area (Å²) < 4.78 is 22.8. The van der Waals surface area contributed by atoms with Crippen LogP contribution in [0.3, 0.4) is 0 Å². The molecule has 0 unspecified atom stereocenters. The molecule has 0 aromatic heterocycles. The first-order valence-electron chi connectivity index (χ1n) is 2.77. The topological polar surface area (TPSA) is 158 Å². The molecule has 13 heavy (non-hydrogen) atoms. The number of hydrogen-bond acceptors (Lipinski definition) is 4. The van der Waals surface area contributed by atoms with Gasteiger partial charge in [0.05, 0.1) is 6.42 Å². The Labute approximate surface area is 75.5 Å². The molecule has 0 aromatic rings. The molecule has 0 heterocycles. The van der Waals surface area contributed by atoms with Gasteiger partial charge >= 0.3 is 11.9 Å². The fourth-order valence-electron chi connectivity index (χ4n) is 0.275. The predicted molar refractivity (Wildman–Crippen MR) is 41.3 cm³/mol. The molecule has 0 aliphatic heterocycles. The molecule has 0 saturated carbocycles. The van der Waals surface area contributed by atoms with Gasteiger partial charge in [0.1, 0.15) is 6.04 Å². The molecule has 0 fully saturated rings. The van der Waals surface area contributed by atoms with Crippen LogP contribution in [0.5, 0.6) is 0 Å². The standard InChI is InChI=1S/C4H7NO4.H2O3S/c5-2(4(8)9)1-3(6)7;1-4(2)3/h2H,1,5H2,(H,6,7)(H,8,9);(H2,1,2,3)/t2-;/m0./s1. The molecule has 0 aromatic carbocycles. The van der Waals surface area contributed by atoms with Gasteiger partial charge in [0.2, 0.25) is 0 Å². The zero-order valence-electron chi connectivity index (χ0n) is 6.28. The molecule has 1 atom stereocenters. The summed E-state index contributed by atoms with van der Waals surface area (Å²) in [5.74, 6) is -2.50. The number of hydrogen-bond donors (Lipinski definition) is 5. The highest BCUT2D eigenvalue weighted by molar-refractivity contribution is 7.73. The third kappa shape index (κ3) is 18.2. The number of carbonyl (C=O) groups is 2. The van der Waals surface area contributed by atoms with E-state index in [2.05, 4.69) is 0 Å². The first-order valence-corrected chi connectivity index (χ1v) is 3.83. The van der Waals surface area contributed by atoms with Crippen LogP contribution in [0.2, 0.25) is 0 Å². The number of rotatable bonds is 3. The molecule has 78 valence electrons. The molecule has 6 N–H and O–H groups in total.